The van der Waals surface area contributed by atoms with Gasteiger partial charge in [-0.2, -0.15) is 0 Å². The summed E-state index contributed by atoms with van der Waals surface area (Å²) < 4.78 is 10.8. The minimum Gasteiger partial charge on any atom is -0.497 e. The predicted octanol–water partition coefficient (Wildman–Crippen LogP) is 3.02. The third-order valence-corrected chi connectivity index (χ3v) is 5.19. The Hall–Kier alpha value is -2.93. The number of rotatable bonds is 5. The van der Waals surface area contributed by atoms with E-state index >= 15 is 0 Å². The van der Waals surface area contributed by atoms with E-state index in [-0.39, 0.29) is 0 Å². The van der Waals surface area contributed by atoms with Crippen molar-refractivity contribution < 1.29 is 14.4 Å². The fourth-order valence-electron chi connectivity index (χ4n) is 3.53. The molecule has 0 saturated carbocycles. The summed E-state index contributed by atoms with van der Waals surface area (Å²) in [6.45, 7) is 3.36. The van der Waals surface area contributed by atoms with Crippen LogP contribution in [0.3, 0.4) is 0 Å². The SMILES string of the molecule is COc1cccc(-c2cc(CC3(O)CCN(c4nccc(C)n4)CC3)on2)c1. The number of hydrogen-bond acceptors (Lipinski definition) is 7. The van der Waals surface area contributed by atoms with Gasteiger partial charge < -0.3 is 19.3 Å². The molecule has 7 nitrogen and oxygen atoms in total. The van der Waals surface area contributed by atoms with Crippen molar-refractivity contribution in [3.8, 4) is 17.0 Å². The molecular formula is C21H24N4O3. The third kappa shape index (κ3) is 3.99. The molecule has 28 heavy (non-hydrogen) atoms. The molecule has 1 aliphatic heterocycles. The molecular weight excluding hydrogens is 356 g/mol. The highest BCUT2D eigenvalue weighted by Gasteiger charge is 2.34. The second-order valence-corrected chi connectivity index (χ2v) is 7.30. The molecule has 4 rings (SSSR count). The Morgan fingerprint density at radius 2 is 2.04 bits per heavy atom. The second kappa shape index (κ2) is 7.59. The lowest BCUT2D eigenvalue weighted by molar-refractivity contribution is 0.0107. The van der Waals surface area contributed by atoms with Crippen molar-refractivity contribution in [1.29, 1.82) is 0 Å². The van der Waals surface area contributed by atoms with Crippen LogP contribution in [0.25, 0.3) is 11.3 Å². The summed E-state index contributed by atoms with van der Waals surface area (Å²) in [6.07, 6.45) is 3.46. The first kappa shape index (κ1) is 18.4. The maximum absolute atomic E-state index is 11.0. The molecule has 0 spiro atoms. The number of aromatic nitrogens is 3. The van der Waals surface area contributed by atoms with Crippen molar-refractivity contribution in [2.75, 3.05) is 25.1 Å². The molecule has 0 atom stereocenters. The molecule has 1 saturated heterocycles. The van der Waals surface area contributed by atoms with E-state index < -0.39 is 5.60 Å². The van der Waals surface area contributed by atoms with Crippen molar-refractivity contribution in [1.82, 2.24) is 15.1 Å². The molecule has 3 heterocycles. The van der Waals surface area contributed by atoms with Crippen LogP contribution >= 0.6 is 0 Å². The van der Waals surface area contributed by atoms with E-state index in [4.69, 9.17) is 9.26 Å². The molecule has 0 aliphatic carbocycles. The summed E-state index contributed by atoms with van der Waals surface area (Å²) in [6, 6.07) is 11.4. The number of methoxy groups -OCH3 is 1. The molecule has 0 bridgehead atoms. The van der Waals surface area contributed by atoms with E-state index in [1.807, 2.05) is 43.3 Å². The number of aliphatic hydroxyl groups is 1. The van der Waals surface area contributed by atoms with Crippen LogP contribution in [0.4, 0.5) is 5.95 Å². The predicted molar refractivity (Wildman–Crippen MR) is 105 cm³/mol. The first-order valence-electron chi connectivity index (χ1n) is 9.42. The Bertz CT molecular complexity index is 948. The smallest absolute Gasteiger partial charge is 0.225 e. The highest BCUT2D eigenvalue weighted by atomic mass is 16.5. The second-order valence-electron chi connectivity index (χ2n) is 7.30. The highest BCUT2D eigenvalue weighted by Crippen LogP contribution is 2.30. The number of piperidine rings is 1. The quantitative estimate of drug-likeness (QED) is 0.728. The van der Waals surface area contributed by atoms with E-state index in [0.29, 0.717) is 38.1 Å². The van der Waals surface area contributed by atoms with Crippen LogP contribution in [0, 0.1) is 6.92 Å². The van der Waals surface area contributed by atoms with Crippen LogP contribution in [0.5, 0.6) is 5.75 Å². The normalized spacial score (nSPS) is 16.2. The monoisotopic (exact) mass is 380 g/mol. The summed E-state index contributed by atoms with van der Waals surface area (Å²) in [5, 5.41) is 15.2. The number of nitrogens with zero attached hydrogens (tertiary/aromatic N) is 4. The topological polar surface area (TPSA) is 84.5 Å². The minimum atomic E-state index is -0.814. The maximum atomic E-state index is 11.0. The van der Waals surface area contributed by atoms with Gasteiger partial charge in [0.15, 0.2) is 0 Å². The average Bonchev–Trinajstić information content (AvgIpc) is 3.16. The van der Waals surface area contributed by atoms with Crippen molar-refractivity contribution in [2.24, 2.45) is 0 Å². The Morgan fingerprint density at radius 1 is 1.21 bits per heavy atom. The lowest BCUT2D eigenvalue weighted by atomic mass is 9.87. The van der Waals surface area contributed by atoms with Gasteiger partial charge in [-0.25, -0.2) is 9.97 Å². The van der Waals surface area contributed by atoms with Gasteiger partial charge in [-0.05, 0) is 38.0 Å². The highest BCUT2D eigenvalue weighted by molar-refractivity contribution is 5.61. The van der Waals surface area contributed by atoms with Crippen LogP contribution in [0.15, 0.2) is 47.1 Å². The zero-order chi connectivity index (χ0) is 19.6. The van der Waals surface area contributed by atoms with Gasteiger partial charge in [0.1, 0.15) is 17.2 Å². The van der Waals surface area contributed by atoms with Crippen molar-refractivity contribution in [3.05, 3.63) is 54.0 Å². The number of aryl methyl sites for hydroxylation is 1. The van der Waals surface area contributed by atoms with Gasteiger partial charge in [0.25, 0.3) is 0 Å². The molecule has 0 radical (unpaired) electrons. The van der Waals surface area contributed by atoms with E-state index in [9.17, 15) is 5.11 Å². The first-order chi connectivity index (χ1) is 13.5. The zero-order valence-electron chi connectivity index (χ0n) is 16.1. The van der Waals surface area contributed by atoms with Gasteiger partial charge in [0.05, 0.1) is 12.7 Å². The number of hydrogen-bond donors (Lipinski definition) is 1. The summed E-state index contributed by atoms with van der Waals surface area (Å²) in [5.41, 5.74) is 1.79. The van der Waals surface area contributed by atoms with Gasteiger partial charge >= 0.3 is 0 Å². The van der Waals surface area contributed by atoms with Crippen molar-refractivity contribution in [2.45, 2.75) is 31.8 Å². The van der Waals surface area contributed by atoms with Crippen LogP contribution in [-0.2, 0) is 6.42 Å². The van der Waals surface area contributed by atoms with Crippen LogP contribution in [0.2, 0.25) is 0 Å². The molecule has 1 fully saturated rings. The zero-order valence-corrected chi connectivity index (χ0v) is 16.1. The van der Waals surface area contributed by atoms with Crippen LogP contribution in [0.1, 0.15) is 24.3 Å². The lowest BCUT2D eigenvalue weighted by Gasteiger charge is -2.37. The number of ether oxygens (including phenoxy) is 1. The fraction of sp³-hybridized carbons (Fsp3) is 0.381. The summed E-state index contributed by atoms with van der Waals surface area (Å²) in [5.74, 6) is 2.18. The molecule has 7 heteroatoms. The Kier molecular flexibility index (Phi) is 5.00. The van der Waals surface area contributed by atoms with Crippen LogP contribution < -0.4 is 9.64 Å². The molecule has 1 aliphatic rings. The molecule has 0 unspecified atom stereocenters. The van der Waals surface area contributed by atoms with Crippen LogP contribution in [-0.4, -0.2) is 46.0 Å². The fourth-order valence-corrected chi connectivity index (χ4v) is 3.53. The lowest BCUT2D eigenvalue weighted by Crippen LogP contribution is -2.46. The summed E-state index contributed by atoms with van der Waals surface area (Å²) in [4.78, 5) is 10.9. The molecule has 2 aromatic heterocycles. The summed E-state index contributed by atoms with van der Waals surface area (Å²) in [7, 11) is 1.64. The van der Waals surface area contributed by atoms with Crippen molar-refractivity contribution >= 4 is 5.95 Å². The van der Waals surface area contributed by atoms with E-state index in [1.165, 1.54) is 0 Å². The molecule has 146 valence electrons. The maximum Gasteiger partial charge on any atom is 0.225 e. The first-order valence-corrected chi connectivity index (χ1v) is 9.42. The van der Waals surface area contributed by atoms with Gasteiger partial charge in [-0.1, -0.05) is 17.3 Å². The molecule has 1 aromatic carbocycles. The van der Waals surface area contributed by atoms with E-state index in [0.717, 1.165) is 28.6 Å². The van der Waals surface area contributed by atoms with E-state index in [1.54, 1.807) is 13.3 Å². The van der Waals surface area contributed by atoms with Gasteiger partial charge in [0, 0.05) is 43.0 Å². The third-order valence-electron chi connectivity index (χ3n) is 5.19. The number of benzene rings is 1. The Labute approximate surface area is 164 Å². The largest absolute Gasteiger partial charge is 0.497 e. The standard InChI is InChI=1S/C21H24N4O3/c1-15-6-9-22-20(23-15)25-10-7-21(26,8-11-25)14-18-13-19(24-28-18)16-4-3-5-17(12-16)27-2/h3-6,9,12-13,26H,7-8,10-11,14H2,1-2H3. The van der Waals surface area contributed by atoms with Gasteiger partial charge in [0.2, 0.25) is 5.95 Å². The Balaban J connectivity index is 1.41. The summed E-state index contributed by atoms with van der Waals surface area (Å²) >= 11 is 0. The molecule has 3 aromatic rings. The van der Waals surface area contributed by atoms with Gasteiger partial charge in [-0.15, -0.1) is 0 Å². The Morgan fingerprint density at radius 3 is 2.79 bits per heavy atom. The van der Waals surface area contributed by atoms with E-state index in [2.05, 4.69) is 20.0 Å². The van der Waals surface area contributed by atoms with Gasteiger partial charge in [-0.3, -0.25) is 0 Å². The number of anilines is 1. The average molecular weight is 380 g/mol. The van der Waals surface area contributed by atoms with Crippen molar-refractivity contribution in [3.63, 3.8) is 0 Å². The molecule has 0 amide bonds. The molecule has 1 N–H and O–H groups in total. The minimum absolute atomic E-state index is 0.437.